The Balaban J connectivity index is 1.92. The monoisotopic (exact) mass is 245 g/mol. The van der Waals surface area contributed by atoms with Crippen molar-refractivity contribution in [1.82, 2.24) is 5.32 Å². The van der Waals surface area contributed by atoms with E-state index in [1.165, 1.54) is 18.2 Å². The standard InChI is InChI=1S/C16H23NO/c1-3-11-17-14(4-2)9-10-15-12-13-7-5-6-8-16(13)18-15/h5-8,12,14,17H,3-4,9-11H2,1-2H3. The van der Waals surface area contributed by atoms with E-state index >= 15 is 0 Å². The maximum atomic E-state index is 5.84. The minimum absolute atomic E-state index is 0.609. The highest BCUT2D eigenvalue weighted by atomic mass is 16.3. The van der Waals surface area contributed by atoms with Crippen molar-refractivity contribution in [3.63, 3.8) is 0 Å². The third-order valence-corrected chi connectivity index (χ3v) is 3.39. The Morgan fingerprint density at radius 1 is 1.22 bits per heavy atom. The number of furan rings is 1. The molecule has 0 radical (unpaired) electrons. The fourth-order valence-corrected chi connectivity index (χ4v) is 2.28. The van der Waals surface area contributed by atoms with Gasteiger partial charge in [-0.1, -0.05) is 32.0 Å². The molecule has 0 aliphatic rings. The SMILES string of the molecule is CCCNC(CC)CCc1cc2ccccc2o1. The minimum Gasteiger partial charge on any atom is -0.461 e. The molecular formula is C16H23NO. The van der Waals surface area contributed by atoms with Gasteiger partial charge < -0.3 is 9.73 Å². The topological polar surface area (TPSA) is 25.2 Å². The van der Waals surface area contributed by atoms with Crippen LogP contribution in [0.25, 0.3) is 11.0 Å². The molecular weight excluding hydrogens is 222 g/mol. The lowest BCUT2D eigenvalue weighted by Gasteiger charge is -2.15. The summed E-state index contributed by atoms with van der Waals surface area (Å²) in [5.74, 6) is 1.10. The number of hydrogen-bond donors (Lipinski definition) is 1. The summed E-state index contributed by atoms with van der Waals surface area (Å²) in [5, 5.41) is 4.79. The number of benzene rings is 1. The molecule has 0 saturated heterocycles. The first-order chi connectivity index (χ1) is 8.83. The molecule has 0 amide bonds. The van der Waals surface area contributed by atoms with Crippen LogP contribution in [0.4, 0.5) is 0 Å². The second kappa shape index (κ2) is 6.60. The summed E-state index contributed by atoms with van der Waals surface area (Å²) in [5.41, 5.74) is 1.00. The van der Waals surface area contributed by atoms with Gasteiger partial charge in [0.05, 0.1) is 0 Å². The van der Waals surface area contributed by atoms with Crippen LogP contribution >= 0.6 is 0 Å². The van der Waals surface area contributed by atoms with Gasteiger partial charge >= 0.3 is 0 Å². The molecule has 2 nitrogen and oxygen atoms in total. The van der Waals surface area contributed by atoms with Crippen molar-refractivity contribution in [2.75, 3.05) is 6.54 Å². The average Bonchev–Trinajstić information content (AvgIpc) is 2.81. The van der Waals surface area contributed by atoms with E-state index in [9.17, 15) is 0 Å². The number of hydrogen-bond acceptors (Lipinski definition) is 2. The molecule has 2 aromatic rings. The van der Waals surface area contributed by atoms with Crippen LogP contribution in [0.2, 0.25) is 0 Å². The Morgan fingerprint density at radius 3 is 2.78 bits per heavy atom. The predicted molar refractivity (Wildman–Crippen MR) is 76.9 cm³/mol. The Labute approximate surface area is 109 Å². The zero-order valence-electron chi connectivity index (χ0n) is 11.4. The van der Waals surface area contributed by atoms with Crippen LogP contribution in [-0.4, -0.2) is 12.6 Å². The van der Waals surface area contributed by atoms with Crippen LogP contribution in [-0.2, 0) is 6.42 Å². The zero-order valence-corrected chi connectivity index (χ0v) is 11.4. The maximum absolute atomic E-state index is 5.84. The molecule has 0 bridgehead atoms. The van der Waals surface area contributed by atoms with Crippen LogP contribution in [0.3, 0.4) is 0 Å². The number of nitrogens with one attached hydrogen (secondary N) is 1. The Kier molecular flexibility index (Phi) is 4.82. The van der Waals surface area contributed by atoms with Crippen molar-refractivity contribution in [2.45, 2.75) is 45.6 Å². The molecule has 0 aliphatic heterocycles. The highest BCUT2D eigenvalue weighted by Crippen LogP contribution is 2.20. The van der Waals surface area contributed by atoms with Gasteiger partial charge in [0.15, 0.2) is 0 Å². The summed E-state index contributed by atoms with van der Waals surface area (Å²) < 4.78 is 5.84. The molecule has 1 heterocycles. The van der Waals surface area contributed by atoms with Gasteiger partial charge in [0, 0.05) is 17.8 Å². The van der Waals surface area contributed by atoms with Gasteiger partial charge in [-0.05, 0) is 37.9 Å². The van der Waals surface area contributed by atoms with Gasteiger partial charge in [-0.3, -0.25) is 0 Å². The Bertz CT molecular complexity index is 442. The van der Waals surface area contributed by atoms with Gasteiger partial charge in [-0.25, -0.2) is 0 Å². The van der Waals surface area contributed by atoms with Crippen molar-refractivity contribution < 1.29 is 4.42 Å². The van der Waals surface area contributed by atoms with Crippen molar-refractivity contribution in [3.05, 3.63) is 36.1 Å². The summed E-state index contributed by atoms with van der Waals surface area (Å²) in [7, 11) is 0. The van der Waals surface area contributed by atoms with E-state index in [0.29, 0.717) is 6.04 Å². The number of fused-ring (bicyclic) bond motifs is 1. The smallest absolute Gasteiger partial charge is 0.134 e. The third-order valence-electron chi connectivity index (χ3n) is 3.39. The van der Waals surface area contributed by atoms with Crippen molar-refractivity contribution in [2.24, 2.45) is 0 Å². The highest BCUT2D eigenvalue weighted by Gasteiger charge is 2.08. The first-order valence-electron chi connectivity index (χ1n) is 7.04. The zero-order chi connectivity index (χ0) is 12.8. The van der Waals surface area contributed by atoms with Gasteiger partial charge in [-0.2, -0.15) is 0 Å². The van der Waals surface area contributed by atoms with Gasteiger partial charge in [0.2, 0.25) is 0 Å². The van der Waals surface area contributed by atoms with E-state index in [1.807, 2.05) is 12.1 Å². The quantitative estimate of drug-likeness (QED) is 0.793. The van der Waals surface area contributed by atoms with E-state index in [-0.39, 0.29) is 0 Å². The van der Waals surface area contributed by atoms with E-state index in [1.54, 1.807) is 0 Å². The molecule has 98 valence electrons. The summed E-state index contributed by atoms with van der Waals surface area (Å²) in [6.45, 7) is 5.56. The van der Waals surface area contributed by atoms with Gasteiger partial charge in [-0.15, -0.1) is 0 Å². The summed E-state index contributed by atoms with van der Waals surface area (Å²) >= 11 is 0. The van der Waals surface area contributed by atoms with Crippen LogP contribution in [0.1, 0.15) is 38.9 Å². The normalized spacial score (nSPS) is 13.0. The van der Waals surface area contributed by atoms with Crippen molar-refractivity contribution in [1.29, 1.82) is 0 Å². The average molecular weight is 245 g/mol. The largest absolute Gasteiger partial charge is 0.461 e. The van der Waals surface area contributed by atoms with E-state index in [0.717, 1.165) is 30.7 Å². The van der Waals surface area contributed by atoms with Crippen LogP contribution in [0.15, 0.2) is 34.7 Å². The number of rotatable bonds is 7. The lowest BCUT2D eigenvalue weighted by molar-refractivity contribution is 0.444. The van der Waals surface area contributed by atoms with Gasteiger partial charge in [0.1, 0.15) is 11.3 Å². The number of aryl methyl sites for hydroxylation is 1. The molecule has 0 saturated carbocycles. The number of para-hydroxylation sites is 1. The van der Waals surface area contributed by atoms with Crippen LogP contribution in [0.5, 0.6) is 0 Å². The van der Waals surface area contributed by atoms with E-state index in [2.05, 4.69) is 37.4 Å². The molecule has 18 heavy (non-hydrogen) atoms. The molecule has 1 aromatic heterocycles. The third kappa shape index (κ3) is 3.36. The molecule has 2 heteroatoms. The van der Waals surface area contributed by atoms with Crippen molar-refractivity contribution in [3.8, 4) is 0 Å². The Hall–Kier alpha value is -1.28. The fraction of sp³-hybridized carbons (Fsp3) is 0.500. The summed E-state index contributed by atoms with van der Waals surface area (Å²) in [6.07, 6.45) is 4.54. The maximum Gasteiger partial charge on any atom is 0.134 e. The fourth-order valence-electron chi connectivity index (χ4n) is 2.28. The first-order valence-corrected chi connectivity index (χ1v) is 7.04. The molecule has 1 aromatic carbocycles. The van der Waals surface area contributed by atoms with E-state index < -0.39 is 0 Å². The van der Waals surface area contributed by atoms with E-state index in [4.69, 9.17) is 4.42 Å². The lowest BCUT2D eigenvalue weighted by Crippen LogP contribution is -2.29. The Morgan fingerprint density at radius 2 is 2.06 bits per heavy atom. The molecule has 0 fully saturated rings. The predicted octanol–water partition coefficient (Wildman–Crippen LogP) is 4.14. The second-order valence-electron chi connectivity index (χ2n) is 4.85. The lowest BCUT2D eigenvalue weighted by atomic mass is 10.1. The first kappa shape index (κ1) is 13.2. The van der Waals surface area contributed by atoms with Crippen LogP contribution in [0, 0.1) is 0 Å². The molecule has 2 rings (SSSR count). The molecule has 1 atom stereocenters. The molecule has 1 N–H and O–H groups in total. The molecule has 1 unspecified atom stereocenters. The molecule has 0 aliphatic carbocycles. The van der Waals surface area contributed by atoms with Crippen LogP contribution < -0.4 is 5.32 Å². The van der Waals surface area contributed by atoms with Gasteiger partial charge in [0.25, 0.3) is 0 Å². The summed E-state index contributed by atoms with van der Waals surface area (Å²) in [4.78, 5) is 0. The second-order valence-corrected chi connectivity index (χ2v) is 4.85. The molecule has 0 spiro atoms. The summed E-state index contributed by atoms with van der Waals surface area (Å²) in [6, 6.07) is 11.0. The minimum atomic E-state index is 0.609. The highest BCUT2D eigenvalue weighted by molar-refractivity contribution is 5.77. The van der Waals surface area contributed by atoms with Crippen molar-refractivity contribution >= 4 is 11.0 Å².